The summed E-state index contributed by atoms with van der Waals surface area (Å²) in [6.07, 6.45) is 1.05. The lowest BCUT2D eigenvalue weighted by molar-refractivity contribution is -0.134. The third-order valence-electron chi connectivity index (χ3n) is 4.31. The van der Waals surface area contributed by atoms with Crippen molar-refractivity contribution in [3.8, 4) is 5.75 Å². The van der Waals surface area contributed by atoms with Crippen molar-refractivity contribution < 1.29 is 26.7 Å². The number of hydrogen-bond donors (Lipinski definition) is 1. The van der Waals surface area contributed by atoms with Crippen molar-refractivity contribution in [2.75, 3.05) is 12.8 Å². The van der Waals surface area contributed by atoms with Gasteiger partial charge in [-0.2, -0.15) is 0 Å². The van der Waals surface area contributed by atoms with E-state index in [2.05, 4.69) is 10.3 Å². The van der Waals surface area contributed by atoms with Crippen LogP contribution in [0, 0.1) is 11.6 Å². The Morgan fingerprint density at radius 3 is 2.47 bits per heavy atom. The molecule has 0 aliphatic carbocycles. The second kappa shape index (κ2) is 8.52. The number of halogens is 3. The van der Waals surface area contributed by atoms with Gasteiger partial charge in [-0.25, -0.2) is 17.2 Å². The van der Waals surface area contributed by atoms with E-state index in [0.29, 0.717) is 12.6 Å². The van der Waals surface area contributed by atoms with Gasteiger partial charge in [-0.05, 0) is 31.2 Å². The number of sulfone groups is 1. The molecule has 30 heavy (non-hydrogen) atoms. The number of benzene rings is 2. The fourth-order valence-corrected chi connectivity index (χ4v) is 4.31. The number of rotatable bonds is 5. The summed E-state index contributed by atoms with van der Waals surface area (Å²) in [4.78, 5) is 17.3. The van der Waals surface area contributed by atoms with Crippen LogP contribution in [0.1, 0.15) is 12.5 Å². The first-order valence-electron chi connectivity index (χ1n) is 8.60. The highest BCUT2D eigenvalue weighted by Crippen LogP contribution is 2.32. The maximum atomic E-state index is 14.2. The van der Waals surface area contributed by atoms with Gasteiger partial charge in [0, 0.05) is 17.9 Å². The van der Waals surface area contributed by atoms with Crippen LogP contribution in [0.25, 0.3) is 0 Å². The number of amidine groups is 1. The smallest absolute Gasteiger partial charge is 0.274 e. The van der Waals surface area contributed by atoms with Gasteiger partial charge in [0.25, 0.3) is 5.91 Å². The lowest BCUT2D eigenvalue weighted by Crippen LogP contribution is -2.48. The van der Waals surface area contributed by atoms with Gasteiger partial charge in [-0.3, -0.25) is 9.79 Å². The van der Waals surface area contributed by atoms with Crippen LogP contribution in [-0.4, -0.2) is 37.0 Å². The zero-order valence-electron chi connectivity index (χ0n) is 15.9. The Bertz CT molecular complexity index is 1110. The molecule has 1 aliphatic rings. The molecule has 2 unspecified atom stereocenters. The van der Waals surface area contributed by atoms with E-state index in [1.807, 2.05) is 0 Å². The van der Waals surface area contributed by atoms with Gasteiger partial charge in [0.15, 0.2) is 26.6 Å². The molecule has 0 saturated carbocycles. The molecular formula is C19H17ClF2N2O4S2. The van der Waals surface area contributed by atoms with Crippen molar-refractivity contribution in [3.63, 3.8) is 0 Å². The predicted molar refractivity (Wildman–Crippen MR) is 112 cm³/mol. The molecule has 6 nitrogen and oxygen atoms in total. The van der Waals surface area contributed by atoms with Gasteiger partial charge in [0.1, 0.15) is 10.5 Å². The number of carbonyl (C=O) groups excluding carboxylic acids is 1. The largest absolute Gasteiger partial charge is 0.470 e. The molecule has 2 atom stereocenters. The summed E-state index contributed by atoms with van der Waals surface area (Å²) in [5.74, 6) is -2.82. The zero-order valence-corrected chi connectivity index (χ0v) is 18.2. The Morgan fingerprint density at radius 2 is 1.93 bits per heavy atom. The lowest BCUT2D eigenvalue weighted by Gasteiger charge is -2.30. The SMILES string of the molecule is CC(Oc1ccc(F)cc1F)(C(=O)NC1=NCC(Cl)S1)c1ccc(S(C)(=O)=O)cc1. The van der Waals surface area contributed by atoms with E-state index in [9.17, 15) is 22.0 Å². The number of ether oxygens (including phenoxy) is 1. The van der Waals surface area contributed by atoms with Gasteiger partial charge in [-0.15, -0.1) is 11.6 Å². The highest BCUT2D eigenvalue weighted by atomic mass is 35.5. The monoisotopic (exact) mass is 474 g/mol. The van der Waals surface area contributed by atoms with Crippen molar-refractivity contribution >= 4 is 44.3 Å². The van der Waals surface area contributed by atoms with Crippen LogP contribution in [0.2, 0.25) is 0 Å². The van der Waals surface area contributed by atoms with Crippen molar-refractivity contribution in [1.29, 1.82) is 0 Å². The van der Waals surface area contributed by atoms with Crippen LogP contribution in [-0.2, 0) is 20.2 Å². The van der Waals surface area contributed by atoms with Crippen LogP contribution >= 0.6 is 23.4 Å². The van der Waals surface area contributed by atoms with Gasteiger partial charge < -0.3 is 10.1 Å². The number of amides is 1. The summed E-state index contributed by atoms with van der Waals surface area (Å²) in [5, 5.41) is 2.87. The summed E-state index contributed by atoms with van der Waals surface area (Å²) in [5.41, 5.74) is -1.54. The van der Waals surface area contributed by atoms with E-state index in [4.69, 9.17) is 16.3 Å². The van der Waals surface area contributed by atoms with E-state index in [1.54, 1.807) is 0 Å². The molecule has 0 spiro atoms. The number of carbonyl (C=O) groups is 1. The first-order valence-corrected chi connectivity index (χ1v) is 11.8. The summed E-state index contributed by atoms with van der Waals surface area (Å²) in [6, 6.07) is 8.12. The molecule has 1 aliphatic heterocycles. The number of nitrogens with one attached hydrogen (secondary N) is 1. The first-order chi connectivity index (χ1) is 14.0. The normalized spacial score (nSPS) is 18.4. The Kier molecular flexibility index (Phi) is 6.40. The molecular weight excluding hydrogens is 458 g/mol. The average Bonchev–Trinajstić information content (AvgIpc) is 3.08. The van der Waals surface area contributed by atoms with Gasteiger partial charge >= 0.3 is 0 Å². The van der Waals surface area contributed by atoms with E-state index in [1.165, 1.54) is 31.2 Å². The van der Waals surface area contributed by atoms with Gasteiger partial charge in [-0.1, -0.05) is 23.9 Å². The summed E-state index contributed by atoms with van der Waals surface area (Å²) < 4.78 is 56.3. The van der Waals surface area contributed by atoms with Crippen LogP contribution in [0.3, 0.4) is 0 Å². The fourth-order valence-electron chi connectivity index (χ4n) is 2.67. The Balaban J connectivity index is 1.99. The third-order valence-corrected chi connectivity index (χ3v) is 6.71. The van der Waals surface area contributed by atoms with Crippen molar-refractivity contribution in [2.45, 2.75) is 22.1 Å². The summed E-state index contributed by atoms with van der Waals surface area (Å²) >= 11 is 7.12. The molecule has 2 aromatic carbocycles. The molecule has 0 saturated heterocycles. The fraction of sp³-hybridized carbons (Fsp3) is 0.263. The second-order valence-corrected chi connectivity index (χ2v) is 10.6. The minimum atomic E-state index is -3.46. The molecule has 1 N–H and O–H groups in total. The zero-order chi connectivity index (χ0) is 22.1. The van der Waals surface area contributed by atoms with Gasteiger partial charge in [0.2, 0.25) is 5.60 Å². The van der Waals surface area contributed by atoms with Crippen LogP contribution < -0.4 is 10.1 Å². The van der Waals surface area contributed by atoms with E-state index >= 15 is 0 Å². The highest BCUT2D eigenvalue weighted by molar-refractivity contribution is 8.15. The first kappa shape index (κ1) is 22.5. The van der Waals surface area contributed by atoms with Crippen molar-refractivity contribution in [2.24, 2.45) is 4.99 Å². The molecule has 0 radical (unpaired) electrons. The van der Waals surface area contributed by atoms with E-state index in [0.717, 1.165) is 30.2 Å². The Labute approximate surface area is 181 Å². The number of nitrogens with zero attached hydrogens (tertiary/aromatic N) is 1. The minimum Gasteiger partial charge on any atom is -0.470 e. The number of alkyl halides is 1. The summed E-state index contributed by atoms with van der Waals surface area (Å²) in [7, 11) is -3.46. The third kappa shape index (κ3) is 4.93. The molecule has 0 aromatic heterocycles. The molecule has 1 amide bonds. The molecule has 1 heterocycles. The maximum Gasteiger partial charge on any atom is 0.274 e. The minimum absolute atomic E-state index is 0.0441. The molecule has 3 rings (SSSR count). The standard InChI is InChI=1S/C19H17ClF2N2O4S2/c1-19(17(25)24-18-23-10-16(20)29-18,28-15-8-5-12(21)9-14(15)22)11-3-6-13(7-4-11)30(2,26)27/h3-9,16H,10H2,1-2H3,(H,23,24,25). The second-order valence-electron chi connectivity index (χ2n) is 6.63. The molecule has 0 bridgehead atoms. The van der Waals surface area contributed by atoms with E-state index in [-0.39, 0.29) is 26.1 Å². The Morgan fingerprint density at radius 1 is 1.27 bits per heavy atom. The number of aliphatic imine (C=N–C) groups is 1. The van der Waals surface area contributed by atoms with Crippen molar-refractivity contribution in [1.82, 2.24) is 5.32 Å². The molecule has 0 fully saturated rings. The molecule has 2 aromatic rings. The Hall–Kier alpha value is -2.17. The topological polar surface area (TPSA) is 84.8 Å². The van der Waals surface area contributed by atoms with Gasteiger partial charge in [0.05, 0.1) is 11.4 Å². The summed E-state index contributed by atoms with van der Waals surface area (Å²) in [6.45, 7) is 1.70. The van der Waals surface area contributed by atoms with E-state index < -0.39 is 33.0 Å². The lowest BCUT2D eigenvalue weighted by atomic mass is 9.94. The average molecular weight is 475 g/mol. The number of hydrogen-bond acceptors (Lipinski definition) is 6. The quantitative estimate of drug-likeness (QED) is 0.671. The maximum absolute atomic E-state index is 14.2. The van der Waals surface area contributed by atoms with Crippen LogP contribution in [0.15, 0.2) is 52.4 Å². The van der Waals surface area contributed by atoms with Crippen LogP contribution in [0.4, 0.5) is 8.78 Å². The molecule has 160 valence electrons. The van der Waals surface area contributed by atoms with Crippen molar-refractivity contribution in [3.05, 3.63) is 59.7 Å². The van der Waals surface area contributed by atoms with Crippen LogP contribution in [0.5, 0.6) is 5.75 Å². The number of thioether (sulfide) groups is 1. The molecule has 11 heteroatoms. The predicted octanol–water partition coefficient (Wildman–Crippen LogP) is 3.45. The highest BCUT2D eigenvalue weighted by Gasteiger charge is 2.40.